The predicted octanol–water partition coefficient (Wildman–Crippen LogP) is 2.36. The van der Waals surface area contributed by atoms with Crippen LogP contribution in [0, 0.1) is 0 Å². The number of rotatable bonds is 7. The van der Waals surface area contributed by atoms with E-state index >= 15 is 0 Å². The summed E-state index contributed by atoms with van der Waals surface area (Å²) >= 11 is 0. The fraction of sp³-hybridized carbons (Fsp3) is 0.438. The van der Waals surface area contributed by atoms with Crippen molar-refractivity contribution in [3.05, 3.63) is 29.8 Å². The van der Waals surface area contributed by atoms with Crippen molar-refractivity contribution in [1.82, 2.24) is 5.32 Å². The topological polar surface area (TPSA) is 56.8 Å². The maximum atomic E-state index is 11.7. The molecule has 5 nitrogen and oxygen atoms in total. The molecule has 1 heterocycles. The molecule has 0 radical (unpaired) electrons. The van der Waals surface area contributed by atoms with E-state index in [1.165, 1.54) is 6.08 Å². The van der Waals surface area contributed by atoms with Crippen LogP contribution in [0.15, 0.2) is 24.3 Å². The van der Waals surface area contributed by atoms with Crippen molar-refractivity contribution in [2.45, 2.75) is 26.4 Å². The average Bonchev–Trinajstić information content (AvgIpc) is 2.92. The molecule has 1 aromatic carbocycles. The highest BCUT2D eigenvalue weighted by atomic mass is 16.7. The van der Waals surface area contributed by atoms with Gasteiger partial charge in [-0.2, -0.15) is 0 Å². The normalized spacial score (nSPS) is 13.1. The number of carbonyl (C=O) groups excluding carboxylic acids is 1. The van der Waals surface area contributed by atoms with Crippen LogP contribution in [0.4, 0.5) is 0 Å². The summed E-state index contributed by atoms with van der Waals surface area (Å²) in [4.78, 5) is 11.7. The van der Waals surface area contributed by atoms with Crippen molar-refractivity contribution in [1.29, 1.82) is 0 Å². The Hall–Kier alpha value is -2.01. The van der Waals surface area contributed by atoms with Gasteiger partial charge in [0.1, 0.15) is 0 Å². The maximum Gasteiger partial charge on any atom is 0.244 e. The Kier molecular flexibility index (Phi) is 5.63. The molecule has 0 unspecified atom stereocenters. The van der Waals surface area contributed by atoms with Gasteiger partial charge in [-0.3, -0.25) is 4.79 Å². The number of fused-ring (bicyclic) bond motifs is 1. The van der Waals surface area contributed by atoms with E-state index in [1.54, 1.807) is 6.08 Å². The van der Waals surface area contributed by atoms with Crippen LogP contribution in [0.5, 0.6) is 11.5 Å². The number of nitrogens with one attached hydrogen (secondary N) is 1. The van der Waals surface area contributed by atoms with Gasteiger partial charge in [-0.1, -0.05) is 6.07 Å². The number of hydrogen-bond acceptors (Lipinski definition) is 4. The third kappa shape index (κ3) is 5.11. The second kappa shape index (κ2) is 7.69. The van der Waals surface area contributed by atoms with Crippen molar-refractivity contribution in [3.8, 4) is 11.5 Å². The van der Waals surface area contributed by atoms with Crippen LogP contribution in [0.1, 0.15) is 25.8 Å². The van der Waals surface area contributed by atoms with E-state index in [4.69, 9.17) is 14.2 Å². The molecule has 1 amide bonds. The molecular weight excluding hydrogens is 270 g/mol. The molecule has 114 valence electrons. The third-order valence-electron chi connectivity index (χ3n) is 2.90. The zero-order valence-electron chi connectivity index (χ0n) is 12.4. The molecule has 1 aliphatic rings. The molecule has 1 N–H and O–H groups in total. The summed E-state index contributed by atoms with van der Waals surface area (Å²) in [5, 5.41) is 2.82. The van der Waals surface area contributed by atoms with Crippen LogP contribution >= 0.6 is 0 Å². The third-order valence-corrected chi connectivity index (χ3v) is 2.90. The fourth-order valence-corrected chi connectivity index (χ4v) is 1.85. The van der Waals surface area contributed by atoms with E-state index in [-0.39, 0.29) is 18.8 Å². The fourth-order valence-electron chi connectivity index (χ4n) is 1.85. The molecule has 5 heteroatoms. The number of amides is 1. The quantitative estimate of drug-likeness (QED) is 0.619. The van der Waals surface area contributed by atoms with E-state index in [2.05, 4.69) is 5.32 Å². The average molecular weight is 291 g/mol. The largest absolute Gasteiger partial charge is 0.454 e. The zero-order chi connectivity index (χ0) is 15.1. The van der Waals surface area contributed by atoms with E-state index in [1.807, 2.05) is 32.0 Å². The number of carbonyl (C=O) groups is 1. The van der Waals surface area contributed by atoms with Crippen LogP contribution in [-0.2, 0) is 9.53 Å². The number of benzene rings is 1. The van der Waals surface area contributed by atoms with Crippen molar-refractivity contribution in [3.63, 3.8) is 0 Å². The lowest BCUT2D eigenvalue weighted by Crippen LogP contribution is -2.23. The first-order valence-corrected chi connectivity index (χ1v) is 7.12. The SMILES string of the molecule is CC(C)OCCCNC(=O)/C=C/c1ccc2c(c1)OCO2. The van der Waals surface area contributed by atoms with Gasteiger partial charge in [0.2, 0.25) is 12.7 Å². The minimum Gasteiger partial charge on any atom is -0.454 e. The van der Waals surface area contributed by atoms with Gasteiger partial charge in [0.15, 0.2) is 11.5 Å². The van der Waals surface area contributed by atoms with Crippen LogP contribution in [0.2, 0.25) is 0 Å². The van der Waals surface area contributed by atoms with Gasteiger partial charge in [-0.25, -0.2) is 0 Å². The smallest absolute Gasteiger partial charge is 0.244 e. The van der Waals surface area contributed by atoms with E-state index in [0.717, 1.165) is 17.7 Å². The lowest BCUT2D eigenvalue weighted by molar-refractivity contribution is -0.116. The highest BCUT2D eigenvalue weighted by molar-refractivity contribution is 5.91. The number of ether oxygens (including phenoxy) is 3. The van der Waals surface area contributed by atoms with Gasteiger partial charge < -0.3 is 19.5 Å². The second-order valence-electron chi connectivity index (χ2n) is 5.01. The molecule has 0 fully saturated rings. The summed E-state index contributed by atoms with van der Waals surface area (Å²) in [7, 11) is 0. The molecule has 0 atom stereocenters. The lowest BCUT2D eigenvalue weighted by atomic mass is 10.2. The molecule has 2 rings (SSSR count). The minimum absolute atomic E-state index is 0.114. The summed E-state index contributed by atoms with van der Waals surface area (Å²) in [5.74, 6) is 1.34. The Balaban J connectivity index is 1.72. The van der Waals surface area contributed by atoms with Crippen LogP contribution < -0.4 is 14.8 Å². The van der Waals surface area contributed by atoms with Gasteiger partial charge in [-0.05, 0) is 44.0 Å². The highest BCUT2D eigenvalue weighted by Crippen LogP contribution is 2.32. The summed E-state index contributed by atoms with van der Waals surface area (Å²) in [6.45, 7) is 5.50. The molecule has 1 aliphatic heterocycles. The number of hydrogen-bond donors (Lipinski definition) is 1. The van der Waals surface area contributed by atoms with Gasteiger partial charge in [0.25, 0.3) is 0 Å². The van der Waals surface area contributed by atoms with Gasteiger partial charge in [-0.15, -0.1) is 0 Å². The summed E-state index contributed by atoms with van der Waals surface area (Å²) in [6, 6.07) is 5.57. The molecule has 21 heavy (non-hydrogen) atoms. The van der Waals surface area contributed by atoms with Gasteiger partial charge in [0.05, 0.1) is 6.10 Å². The van der Waals surface area contributed by atoms with E-state index in [9.17, 15) is 4.79 Å². The van der Waals surface area contributed by atoms with Crippen LogP contribution in [-0.4, -0.2) is 32.0 Å². The minimum atomic E-state index is -0.114. The maximum absolute atomic E-state index is 11.7. The molecular formula is C16H21NO4. The van der Waals surface area contributed by atoms with Gasteiger partial charge in [0, 0.05) is 19.2 Å². The Morgan fingerprint density at radius 2 is 2.19 bits per heavy atom. The van der Waals surface area contributed by atoms with E-state index in [0.29, 0.717) is 18.9 Å². The first kappa shape index (κ1) is 15.4. The predicted molar refractivity (Wildman–Crippen MR) is 80.3 cm³/mol. The second-order valence-corrected chi connectivity index (χ2v) is 5.01. The molecule has 0 saturated heterocycles. The lowest BCUT2D eigenvalue weighted by Gasteiger charge is -2.07. The summed E-state index contributed by atoms with van der Waals surface area (Å²) in [6.07, 6.45) is 4.30. The first-order chi connectivity index (χ1) is 10.1. The summed E-state index contributed by atoms with van der Waals surface area (Å²) < 4.78 is 15.9. The van der Waals surface area contributed by atoms with Crippen molar-refractivity contribution >= 4 is 12.0 Å². The standard InChI is InChI=1S/C16H21NO4/c1-12(2)19-9-3-8-17-16(18)7-5-13-4-6-14-15(10-13)21-11-20-14/h4-7,10,12H,3,8-9,11H2,1-2H3,(H,17,18)/b7-5+. The molecule has 0 aliphatic carbocycles. The van der Waals surface area contributed by atoms with E-state index < -0.39 is 0 Å². The van der Waals surface area contributed by atoms with Crippen LogP contribution in [0.3, 0.4) is 0 Å². The Morgan fingerprint density at radius 3 is 3.00 bits per heavy atom. The van der Waals surface area contributed by atoms with Crippen molar-refractivity contribution < 1.29 is 19.0 Å². The molecule has 0 bridgehead atoms. The molecule has 0 aromatic heterocycles. The molecule has 1 aromatic rings. The monoisotopic (exact) mass is 291 g/mol. The Morgan fingerprint density at radius 1 is 1.38 bits per heavy atom. The molecule has 0 saturated carbocycles. The Bertz CT molecular complexity index is 511. The zero-order valence-corrected chi connectivity index (χ0v) is 12.4. The molecule has 0 spiro atoms. The van der Waals surface area contributed by atoms with Crippen LogP contribution in [0.25, 0.3) is 6.08 Å². The first-order valence-electron chi connectivity index (χ1n) is 7.12. The van der Waals surface area contributed by atoms with Crippen molar-refractivity contribution in [2.24, 2.45) is 0 Å². The highest BCUT2D eigenvalue weighted by Gasteiger charge is 2.12. The van der Waals surface area contributed by atoms with Crippen molar-refractivity contribution in [2.75, 3.05) is 19.9 Å². The van der Waals surface area contributed by atoms with Gasteiger partial charge >= 0.3 is 0 Å². The summed E-state index contributed by atoms with van der Waals surface area (Å²) in [5.41, 5.74) is 0.901. The Labute approximate surface area is 124 Å².